The fraction of sp³-hybridized carbons (Fsp3) is 0.292. The lowest BCUT2D eigenvalue weighted by atomic mass is 9.97. The first-order valence-corrected chi connectivity index (χ1v) is 12.1. The van der Waals surface area contributed by atoms with E-state index in [-0.39, 0.29) is 10.8 Å². The number of carbonyl (C=O) groups is 1. The van der Waals surface area contributed by atoms with E-state index in [1.165, 1.54) is 23.9 Å². The monoisotopic (exact) mass is 450 g/mol. The molecule has 0 fully saturated rings. The second kappa shape index (κ2) is 8.70. The minimum Gasteiger partial charge on any atom is -0.306 e. The molecule has 1 aliphatic carbocycles. The van der Waals surface area contributed by atoms with Gasteiger partial charge in [0.2, 0.25) is 0 Å². The van der Waals surface area contributed by atoms with Crippen molar-refractivity contribution in [3.05, 3.63) is 71.3 Å². The van der Waals surface area contributed by atoms with E-state index in [9.17, 15) is 13.2 Å². The molecule has 32 heavy (non-hydrogen) atoms. The Morgan fingerprint density at radius 1 is 1.03 bits per heavy atom. The molecule has 0 saturated heterocycles. The Kier molecular flexibility index (Phi) is 5.97. The molecule has 3 aromatic rings. The average Bonchev–Trinajstić information content (AvgIpc) is 3.23. The number of pyridine rings is 2. The Morgan fingerprint density at radius 2 is 1.81 bits per heavy atom. The number of urea groups is 1. The number of carbonyl (C=O) groups excluding carboxylic acids is 1. The van der Waals surface area contributed by atoms with Crippen LogP contribution in [0.2, 0.25) is 0 Å². The highest BCUT2D eigenvalue weighted by Gasteiger charge is 2.23. The standard InChI is InChI=1S/C24H26N4O3S/c1-15(2)22-14-19(10-12-26-22)32(30,31)28-24(29)27-23-20-6-4-5-17(20)7-8-21(23)18-9-11-25-16(3)13-18/h7-15H,4-6H2,1-3H3,(H2,27,28,29). The van der Waals surface area contributed by atoms with Crippen LogP contribution in [0.25, 0.3) is 11.1 Å². The minimum absolute atomic E-state index is 0.00891. The smallest absolute Gasteiger partial charge is 0.306 e. The van der Waals surface area contributed by atoms with Crippen LogP contribution in [0, 0.1) is 6.92 Å². The van der Waals surface area contributed by atoms with E-state index in [1.54, 1.807) is 6.20 Å². The number of aryl methyl sites for hydroxylation is 2. The highest BCUT2D eigenvalue weighted by Crippen LogP contribution is 2.37. The first-order chi connectivity index (χ1) is 15.2. The predicted octanol–water partition coefficient (Wildman–Crippen LogP) is 4.57. The molecule has 2 N–H and O–H groups in total. The fourth-order valence-electron chi connectivity index (χ4n) is 3.99. The number of anilines is 1. The Bertz CT molecular complexity index is 1290. The third kappa shape index (κ3) is 4.50. The van der Waals surface area contributed by atoms with Gasteiger partial charge in [-0.05, 0) is 73.1 Å². The van der Waals surface area contributed by atoms with Gasteiger partial charge in [-0.25, -0.2) is 17.9 Å². The zero-order valence-electron chi connectivity index (χ0n) is 18.3. The van der Waals surface area contributed by atoms with E-state index < -0.39 is 16.1 Å². The summed E-state index contributed by atoms with van der Waals surface area (Å²) in [5.41, 5.74) is 6.14. The molecular weight excluding hydrogens is 424 g/mol. The number of sulfonamides is 1. The Morgan fingerprint density at radius 3 is 2.56 bits per heavy atom. The van der Waals surface area contributed by atoms with Gasteiger partial charge >= 0.3 is 6.03 Å². The summed E-state index contributed by atoms with van der Waals surface area (Å²) in [5.74, 6) is 0.0669. The Labute approximate surface area is 188 Å². The van der Waals surface area contributed by atoms with Gasteiger partial charge in [0, 0.05) is 29.3 Å². The van der Waals surface area contributed by atoms with Crippen LogP contribution in [0.3, 0.4) is 0 Å². The minimum atomic E-state index is -4.05. The lowest BCUT2D eigenvalue weighted by molar-refractivity contribution is 0.256. The maximum Gasteiger partial charge on any atom is 0.333 e. The van der Waals surface area contributed by atoms with Crippen LogP contribution in [0.1, 0.15) is 48.7 Å². The number of benzene rings is 1. The van der Waals surface area contributed by atoms with Gasteiger partial charge in [-0.3, -0.25) is 9.97 Å². The van der Waals surface area contributed by atoms with E-state index >= 15 is 0 Å². The van der Waals surface area contributed by atoms with Gasteiger partial charge in [-0.15, -0.1) is 0 Å². The van der Waals surface area contributed by atoms with E-state index in [0.717, 1.165) is 41.6 Å². The van der Waals surface area contributed by atoms with Crippen molar-refractivity contribution in [3.8, 4) is 11.1 Å². The highest BCUT2D eigenvalue weighted by atomic mass is 32.2. The van der Waals surface area contributed by atoms with Crippen molar-refractivity contribution in [3.63, 3.8) is 0 Å². The van der Waals surface area contributed by atoms with Crippen molar-refractivity contribution in [2.24, 2.45) is 0 Å². The van der Waals surface area contributed by atoms with E-state index in [0.29, 0.717) is 11.4 Å². The summed E-state index contributed by atoms with van der Waals surface area (Å²) in [5, 5.41) is 2.83. The second-order valence-electron chi connectivity index (χ2n) is 8.30. The zero-order chi connectivity index (χ0) is 22.9. The zero-order valence-corrected chi connectivity index (χ0v) is 19.2. The largest absolute Gasteiger partial charge is 0.333 e. The molecule has 8 heteroatoms. The number of fused-ring (bicyclic) bond motifs is 1. The van der Waals surface area contributed by atoms with Crippen molar-refractivity contribution in [2.45, 2.75) is 50.8 Å². The number of hydrogen-bond acceptors (Lipinski definition) is 5. The summed E-state index contributed by atoms with van der Waals surface area (Å²) in [6.45, 7) is 5.76. The first kappa shape index (κ1) is 22.0. The fourth-order valence-corrected chi connectivity index (χ4v) is 4.92. The molecule has 0 radical (unpaired) electrons. The Balaban J connectivity index is 1.65. The van der Waals surface area contributed by atoms with Crippen LogP contribution in [-0.2, 0) is 22.9 Å². The topological polar surface area (TPSA) is 101 Å². The molecule has 0 aliphatic heterocycles. The van der Waals surface area contributed by atoms with Gasteiger partial charge in [0.25, 0.3) is 10.0 Å². The van der Waals surface area contributed by atoms with Gasteiger partial charge in [0.15, 0.2) is 0 Å². The molecule has 0 unspecified atom stereocenters. The summed E-state index contributed by atoms with van der Waals surface area (Å²) in [6.07, 6.45) is 5.93. The summed E-state index contributed by atoms with van der Waals surface area (Å²) >= 11 is 0. The maximum absolute atomic E-state index is 12.8. The number of nitrogens with zero attached hydrogens (tertiary/aromatic N) is 2. The molecule has 7 nitrogen and oxygen atoms in total. The van der Waals surface area contributed by atoms with Gasteiger partial charge in [0.1, 0.15) is 0 Å². The van der Waals surface area contributed by atoms with Crippen molar-refractivity contribution < 1.29 is 13.2 Å². The van der Waals surface area contributed by atoms with Crippen LogP contribution in [-0.4, -0.2) is 24.4 Å². The summed E-state index contributed by atoms with van der Waals surface area (Å²) < 4.78 is 27.8. The molecule has 0 saturated carbocycles. The van der Waals surface area contributed by atoms with Crippen LogP contribution < -0.4 is 10.0 Å². The predicted molar refractivity (Wildman–Crippen MR) is 124 cm³/mol. The van der Waals surface area contributed by atoms with E-state index in [1.807, 2.05) is 39.0 Å². The van der Waals surface area contributed by atoms with Crippen LogP contribution >= 0.6 is 0 Å². The molecule has 2 aromatic heterocycles. The molecule has 1 aromatic carbocycles. The van der Waals surface area contributed by atoms with Crippen molar-refractivity contribution in [1.29, 1.82) is 0 Å². The SMILES string of the molecule is Cc1cc(-c2ccc3c(c2NC(=O)NS(=O)(=O)c2ccnc(C(C)C)c2)CCC3)ccn1. The molecule has 0 bridgehead atoms. The average molecular weight is 451 g/mol. The molecule has 166 valence electrons. The normalized spacial score (nSPS) is 13.1. The maximum atomic E-state index is 12.8. The second-order valence-corrected chi connectivity index (χ2v) is 9.98. The van der Waals surface area contributed by atoms with Crippen LogP contribution in [0.4, 0.5) is 10.5 Å². The number of amides is 2. The van der Waals surface area contributed by atoms with Gasteiger partial charge in [-0.1, -0.05) is 26.0 Å². The molecule has 0 spiro atoms. The van der Waals surface area contributed by atoms with Crippen molar-refractivity contribution >= 4 is 21.7 Å². The molecule has 4 rings (SSSR count). The number of hydrogen-bond donors (Lipinski definition) is 2. The third-order valence-electron chi connectivity index (χ3n) is 5.61. The Hall–Kier alpha value is -3.26. The molecule has 1 aliphatic rings. The molecule has 2 heterocycles. The number of aromatic nitrogens is 2. The highest BCUT2D eigenvalue weighted by molar-refractivity contribution is 7.90. The van der Waals surface area contributed by atoms with Crippen molar-refractivity contribution in [1.82, 2.24) is 14.7 Å². The quantitative estimate of drug-likeness (QED) is 0.593. The summed E-state index contributed by atoms with van der Waals surface area (Å²) in [6, 6.07) is 9.96. The van der Waals surface area contributed by atoms with Gasteiger partial charge in [0.05, 0.1) is 10.6 Å². The molecule has 2 amide bonds. The van der Waals surface area contributed by atoms with Crippen molar-refractivity contribution in [2.75, 3.05) is 5.32 Å². The third-order valence-corrected chi connectivity index (χ3v) is 6.94. The lowest BCUT2D eigenvalue weighted by Gasteiger charge is -2.17. The number of rotatable bonds is 5. The number of nitrogens with one attached hydrogen (secondary N) is 2. The van der Waals surface area contributed by atoms with Crippen LogP contribution in [0.15, 0.2) is 53.7 Å². The van der Waals surface area contributed by atoms with Gasteiger partial charge < -0.3 is 5.32 Å². The molecule has 0 atom stereocenters. The van der Waals surface area contributed by atoms with Crippen LogP contribution in [0.5, 0.6) is 0 Å². The van der Waals surface area contributed by atoms with E-state index in [2.05, 4.69) is 26.1 Å². The summed E-state index contributed by atoms with van der Waals surface area (Å²) in [7, 11) is -4.05. The van der Waals surface area contributed by atoms with E-state index in [4.69, 9.17) is 0 Å². The lowest BCUT2D eigenvalue weighted by Crippen LogP contribution is -2.34. The van der Waals surface area contributed by atoms with Gasteiger partial charge in [-0.2, -0.15) is 0 Å². The summed E-state index contributed by atoms with van der Waals surface area (Å²) in [4.78, 5) is 21.3. The molecular formula is C24H26N4O3S. The first-order valence-electron chi connectivity index (χ1n) is 10.6.